The van der Waals surface area contributed by atoms with E-state index < -0.39 is 0 Å². The van der Waals surface area contributed by atoms with Crippen LogP contribution in [0.1, 0.15) is 47.5 Å². The number of carbonyl (C=O) groups is 1. The van der Waals surface area contributed by atoms with Crippen LogP contribution in [0.15, 0.2) is 36.4 Å². The third-order valence-corrected chi connectivity index (χ3v) is 6.83. The Labute approximate surface area is 170 Å². The molecule has 0 saturated heterocycles. The van der Waals surface area contributed by atoms with Gasteiger partial charge < -0.3 is 10.2 Å². The molecule has 0 unspecified atom stereocenters. The third kappa shape index (κ3) is 3.98. The lowest BCUT2D eigenvalue weighted by Gasteiger charge is -2.31. The molecule has 1 amide bonds. The van der Waals surface area contributed by atoms with Crippen LogP contribution in [0.3, 0.4) is 0 Å². The van der Waals surface area contributed by atoms with Crippen LogP contribution in [0.2, 0.25) is 0 Å². The van der Waals surface area contributed by atoms with E-state index in [4.69, 9.17) is 0 Å². The van der Waals surface area contributed by atoms with Crippen LogP contribution in [-0.4, -0.2) is 46.8 Å². The topological polar surface area (TPSA) is 50.2 Å². The molecule has 5 nitrogen and oxygen atoms in total. The van der Waals surface area contributed by atoms with Crippen molar-refractivity contribution in [3.8, 4) is 5.69 Å². The minimum Gasteiger partial charge on any atom is -0.350 e. The monoisotopic (exact) mass is 396 g/mol. The van der Waals surface area contributed by atoms with E-state index in [-0.39, 0.29) is 5.91 Å². The summed E-state index contributed by atoms with van der Waals surface area (Å²) < 4.78 is 1.93. The SMILES string of the molecule is Cc1nn(-c2ccccc2)c2sc(C(=O)NCCN(C)C3CCCCC3)cc12. The van der Waals surface area contributed by atoms with E-state index >= 15 is 0 Å². The fourth-order valence-corrected chi connectivity index (χ4v) is 5.14. The van der Waals surface area contributed by atoms with Gasteiger partial charge in [-0.2, -0.15) is 5.10 Å². The van der Waals surface area contributed by atoms with Crippen molar-refractivity contribution in [2.45, 2.75) is 45.1 Å². The zero-order valence-corrected chi connectivity index (χ0v) is 17.5. The van der Waals surface area contributed by atoms with E-state index in [1.807, 2.05) is 48.0 Å². The summed E-state index contributed by atoms with van der Waals surface area (Å²) in [6, 6.07) is 12.7. The van der Waals surface area contributed by atoms with Gasteiger partial charge in [0.15, 0.2) is 0 Å². The van der Waals surface area contributed by atoms with E-state index in [0.717, 1.165) is 33.0 Å². The van der Waals surface area contributed by atoms with E-state index in [0.29, 0.717) is 12.6 Å². The van der Waals surface area contributed by atoms with Crippen LogP contribution in [0, 0.1) is 6.92 Å². The molecule has 0 spiro atoms. The highest BCUT2D eigenvalue weighted by Gasteiger charge is 2.19. The Morgan fingerprint density at radius 3 is 2.75 bits per heavy atom. The molecular formula is C22H28N4OS. The number of para-hydroxylation sites is 1. The first kappa shape index (κ1) is 19.2. The molecule has 2 heterocycles. The van der Waals surface area contributed by atoms with Crippen molar-refractivity contribution in [3.05, 3.63) is 47.0 Å². The molecule has 1 aliphatic carbocycles. The number of nitrogens with zero attached hydrogens (tertiary/aromatic N) is 3. The summed E-state index contributed by atoms with van der Waals surface area (Å²) in [5.41, 5.74) is 1.97. The molecule has 1 saturated carbocycles. The van der Waals surface area contributed by atoms with Gasteiger partial charge in [-0.1, -0.05) is 37.5 Å². The zero-order valence-electron chi connectivity index (χ0n) is 16.6. The molecular weight excluding hydrogens is 368 g/mol. The average molecular weight is 397 g/mol. The van der Waals surface area contributed by atoms with Crippen LogP contribution in [-0.2, 0) is 0 Å². The van der Waals surface area contributed by atoms with Crippen molar-refractivity contribution < 1.29 is 4.79 Å². The molecule has 148 valence electrons. The van der Waals surface area contributed by atoms with Gasteiger partial charge in [0.1, 0.15) is 4.83 Å². The molecule has 0 bridgehead atoms. The van der Waals surface area contributed by atoms with Crippen LogP contribution in [0.5, 0.6) is 0 Å². The first-order valence-corrected chi connectivity index (χ1v) is 11.0. The summed E-state index contributed by atoms with van der Waals surface area (Å²) in [7, 11) is 2.18. The second-order valence-corrected chi connectivity index (χ2v) is 8.72. The number of nitrogens with one attached hydrogen (secondary N) is 1. The minimum absolute atomic E-state index is 0.0113. The molecule has 1 N–H and O–H groups in total. The Hall–Kier alpha value is -2.18. The lowest BCUT2D eigenvalue weighted by molar-refractivity contribution is 0.0948. The number of thiophene rings is 1. The third-order valence-electron chi connectivity index (χ3n) is 5.72. The highest BCUT2D eigenvalue weighted by atomic mass is 32.1. The van der Waals surface area contributed by atoms with Gasteiger partial charge in [-0.05, 0) is 45.0 Å². The Balaban J connectivity index is 1.42. The highest BCUT2D eigenvalue weighted by Crippen LogP contribution is 2.30. The molecule has 3 aromatic rings. The van der Waals surface area contributed by atoms with Crippen molar-refractivity contribution in [1.29, 1.82) is 0 Å². The second kappa shape index (κ2) is 8.45. The lowest BCUT2D eigenvalue weighted by atomic mass is 9.94. The van der Waals surface area contributed by atoms with Gasteiger partial charge in [-0.25, -0.2) is 4.68 Å². The summed E-state index contributed by atoms with van der Waals surface area (Å²) >= 11 is 1.51. The van der Waals surface area contributed by atoms with E-state index in [1.54, 1.807) is 0 Å². The van der Waals surface area contributed by atoms with E-state index in [2.05, 4.69) is 22.4 Å². The number of amides is 1. The molecule has 1 aliphatic rings. The average Bonchev–Trinajstić information content (AvgIpc) is 3.30. The van der Waals surface area contributed by atoms with Gasteiger partial charge in [0, 0.05) is 24.5 Å². The molecule has 0 atom stereocenters. The molecule has 28 heavy (non-hydrogen) atoms. The number of benzene rings is 1. The summed E-state index contributed by atoms with van der Waals surface area (Å²) in [5.74, 6) is 0.0113. The number of carbonyl (C=O) groups excluding carboxylic acids is 1. The number of rotatable bonds is 6. The van der Waals surface area contributed by atoms with Gasteiger partial charge in [-0.15, -0.1) is 11.3 Å². The smallest absolute Gasteiger partial charge is 0.261 e. The molecule has 2 aromatic heterocycles. The first-order valence-electron chi connectivity index (χ1n) is 10.2. The quantitative estimate of drug-likeness (QED) is 0.672. The molecule has 6 heteroatoms. The normalized spacial score (nSPS) is 15.4. The molecule has 1 fully saturated rings. The summed E-state index contributed by atoms with van der Waals surface area (Å²) in [6.07, 6.45) is 6.61. The fraction of sp³-hybridized carbons (Fsp3) is 0.455. The number of likely N-dealkylation sites (N-methyl/N-ethyl adjacent to an activating group) is 1. The van der Waals surface area contributed by atoms with Crippen molar-refractivity contribution in [3.63, 3.8) is 0 Å². The van der Waals surface area contributed by atoms with E-state index in [1.165, 1.54) is 43.4 Å². The van der Waals surface area contributed by atoms with Crippen LogP contribution >= 0.6 is 11.3 Å². The number of aromatic nitrogens is 2. The van der Waals surface area contributed by atoms with Crippen LogP contribution < -0.4 is 5.32 Å². The molecule has 0 radical (unpaired) electrons. The zero-order chi connectivity index (χ0) is 19.5. The number of aryl methyl sites for hydroxylation is 1. The summed E-state index contributed by atoms with van der Waals surface area (Å²) in [4.78, 5) is 16.9. The van der Waals surface area contributed by atoms with Crippen molar-refractivity contribution in [2.24, 2.45) is 0 Å². The molecule has 0 aliphatic heterocycles. The summed E-state index contributed by atoms with van der Waals surface area (Å²) in [6.45, 7) is 3.58. The Morgan fingerprint density at radius 1 is 1.25 bits per heavy atom. The van der Waals surface area contributed by atoms with Gasteiger partial charge >= 0.3 is 0 Å². The van der Waals surface area contributed by atoms with Crippen molar-refractivity contribution in [1.82, 2.24) is 20.0 Å². The predicted octanol–water partition coefficient (Wildman–Crippen LogP) is 4.39. The standard InChI is InChI=1S/C22H28N4OS/c1-16-19-15-20(28-22(19)26(24-16)18-11-7-4-8-12-18)21(27)23-13-14-25(2)17-9-5-3-6-10-17/h4,7-8,11-12,15,17H,3,5-6,9-10,13-14H2,1-2H3,(H,23,27). The van der Waals surface area contributed by atoms with Gasteiger partial charge in [0.25, 0.3) is 5.91 Å². The largest absolute Gasteiger partial charge is 0.350 e. The minimum atomic E-state index is 0.0113. The highest BCUT2D eigenvalue weighted by molar-refractivity contribution is 7.20. The predicted molar refractivity (Wildman–Crippen MR) is 116 cm³/mol. The fourth-order valence-electron chi connectivity index (χ4n) is 4.04. The Morgan fingerprint density at radius 2 is 2.00 bits per heavy atom. The maximum atomic E-state index is 12.7. The Kier molecular flexibility index (Phi) is 5.78. The number of fused-ring (bicyclic) bond motifs is 1. The Bertz CT molecular complexity index is 940. The van der Waals surface area contributed by atoms with Gasteiger partial charge in [-0.3, -0.25) is 4.79 Å². The van der Waals surface area contributed by atoms with Crippen LogP contribution in [0.25, 0.3) is 15.9 Å². The maximum absolute atomic E-state index is 12.7. The number of hydrogen-bond donors (Lipinski definition) is 1. The molecule has 4 rings (SSSR count). The van der Waals surface area contributed by atoms with E-state index in [9.17, 15) is 4.79 Å². The summed E-state index contributed by atoms with van der Waals surface area (Å²) in [5, 5.41) is 8.80. The lowest BCUT2D eigenvalue weighted by Crippen LogP contribution is -2.39. The van der Waals surface area contributed by atoms with Crippen molar-refractivity contribution >= 4 is 27.5 Å². The van der Waals surface area contributed by atoms with Crippen molar-refractivity contribution in [2.75, 3.05) is 20.1 Å². The number of hydrogen-bond acceptors (Lipinski definition) is 4. The first-order chi connectivity index (χ1) is 13.6. The van der Waals surface area contributed by atoms with Gasteiger partial charge in [0.2, 0.25) is 0 Å². The maximum Gasteiger partial charge on any atom is 0.261 e. The second-order valence-electron chi connectivity index (χ2n) is 7.69. The van der Waals surface area contributed by atoms with Crippen LogP contribution in [0.4, 0.5) is 0 Å². The molecule has 1 aromatic carbocycles. The van der Waals surface area contributed by atoms with Gasteiger partial charge in [0.05, 0.1) is 16.3 Å².